The van der Waals surface area contributed by atoms with Crippen molar-refractivity contribution in [1.82, 2.24) is 0 Å². The molecule has 1 aromatic rings. The standard InChI is InChI=1S/C10H14NO2/c1-11-7-8-4-5-9(12-2)10(6-8)13-3/h4-6H,7H2,1-3H3/q-1. The molecule has 0 aromatic heterocycles. The highest BCUT2D eigenvalue weighted by atomic mass is 16.5. The molecule has 0 amide bonds. The monoisotopic (exact) mass is 180 g/mol. The van der Waals surface area contributed by atoms with Gasteiger partial charge in [0.1, 0.15) is 0 Å². The molecule has 0 bridgehead atoms. The first-order valence-corrected chi connectivity index (χ1v) is 4.08. The highest BCUT2D eigenvalue weighted by molar-refractivity contribution is 5.43. The van der Waals surface area contributed by atoms with Gasteiger partial charge in [0.05, 0.1) is 14.2 Å². The second kappa shape index (κ2) is 4.72. The van der Waals surface area contributed by atoms with Gasteiger partial charge < -0.3 is 14.8 Å². The van der Waals surface area contributed by atoms with Crippen LogP contribution < -0.4 is 9.47 Å². The summed E-state index contributed by atoms with van der Waals surface area (Å²) in [5.41, 5.74) is 1.13. The Morgan fingerprint density at radius 1 is 1.15 bits per heavy atom. The van der Waals surface area contributed by atoms with Gasteiger partial charge in [-0.15, -0.1) is 6.54 Å². The molecular formula is C10H14NO2-. The minimum Gasteiger partial charge on any atom is -0.661 e. The van der Waals surface area contributed by atoms with Crippen LogP contribution in [0.25, 0.3) is 5.32 Å². The zero-order valence-corrected chi connectivity index (χ0v) is 8.20. The van der Waals surface area contributed by atoms with Gasteiger partial charge >= 0.3 is 0 Å². The summed E-state index contributed by atoms with van der Waals surface area (Å²) in [5, 5.41) is 4.04. The maximum absolute atomic E-state index is 5.16. The Morgan fingerprint density at radius 3 is 2.38 bits per heavy atom. The van der Waals surface area contributed by atoms with E-state index in [-0.39, 0.29) is 0 Å². The summed E-state index contributed by atoms with van der Waals surface area (Å²) in [6.07, 6.45) is 0. The van der Waals surface area contributed by atoms with Gasteiger partial charge in [-0.3, -0.25) is 0 Å². The van der Waals surface area contributed by atoms with Gasteiger partial charge in [-0.05, 0) is 12.1 Å². The Bertz CT molecular complexity index is 274. The number of hydrogen-bond donors (Lipinski definition) is 0. The zero-order valence-electron chi connectivity index (χ0n) is 8.20. The molecule has 0 radical (unpaired) electrons. The average Bonchev–Trinajstić information content (AvgIpc) is 2.18. The first-order valence-electron chi connectivity index (χ1n) is 4.08. The average molecular weight is 180 g/mol. The Labute approximate surface area is 78.7 Å². The summed E-state index contributed by atoms with van der Waals surface area (Å²) in [6.45, 7) is 0.709. The van der Waals surface area contributed by atoms with Crippen molar-refractivity contribution in [3.8, 4) is 11.5 Å². The molecule has 3 nitrogen and oxygen atoms in total. The van der Waals surface area contributed by atoms with Crippen molar-refractivity contribution < 1.29 is 9.47 Å². The lowest BCUT2D eigenvalue weighted by atomic mass is 10.2. The van der Waals surface area contributed by atoms with Crippen LogP contribution in [-0.2, 0) is 6.54 Å². The zero-order chi connectivity index (χ0) is 9.68. The molecule has 0 N–H and O–H groups in total. The van der Waals surface area contributed by atoms with Gasteiger partial charge in [-0.2, -0.15) is 7.05 Å². The maximum atomic E-state index is 5.16. The predicted octanol–water partition coefficient (Wildman–Crippen LogP) is 2.21. The van der Waals surface area contributed by atoms with Crippen LogP contribution in [-0.4, -0.2) is 21.3 Å². The van der Waals surface area contributed by atoms with E-state index < -0.39 is 0 Å². The molecule has 0 aliphatic carbocycles. The van der Waals surface area contributed by atoms with Crippen molar-refractivity contribution in [2.24, 2.45) is 0 Å². The summed E-state index contributed by atoms with van der Waals surface area (Å²) in [6, 6.07) is 5.81. The molecule has 0 unspecified atom stereocenters. The van der Waals surface area contributed by atoms with Gasteiger partial charge in [0.15, 0.2) is 11.5 Å². The predicted molar refractivity (Wildman–Crippen MR) is 52.5 cm³/mol. The third-order valence-electron chi connectivity index (χ3n) is 1.79. The molecule has 1 aromatic carbocycles. The van der Waals surface area contributed by atoms with Gasteiger partial charge in [0.25, 0.3) is 0 Å². The number of nitrogens with zero attached hydrogens (tertiary/aromatic N) is 1. The van der Waals surface area contributed by atoms with E-state index in [0.717, 1.165) is 17.1 Å². The number of hydrogen-bond acceptors (Lipinski definition) is 2. The smallest absolute Gasteiger partial charge is 0.160 e. The summed E-state index contributed by atoms with van der Waals surface area (Å²) < 4.78 is 10.3. The third-order valence-corrected chi connectivity index (χ3v) is 1.79. The molecule has 0 spiro atoms. The molecule has 0 heterocycles. The normalized spacial score (nSPS) is 9.77. The second-order valence-electron chi connectivity index (χ2n) is 2.66. The fourth-order valence-corrected chi connectivity index (χ4v) is 1.16. The van der Waals surface area contributed by atoms with Gasteiger partial charge in [0.2, 0.25) is 0 Å². The van der Waals surface area contributed by atoms with Crippen molar-refractivity contribution in [3.63, 3.8) is 0 Å². The van der Waals surface area contributed by atoms with Crippen LogP contribution >= 0.6 is 0 Å². The lowest BCUT2D eigenvalue weighted by Gasteiger charge is -2.13. The first kappa shape index (κ1) is 9.86. The molecule has 0 saturated heterocycles. The lowest BCUT2D eigenvalue weighted by molar-refractivity contribution is 0.354. The largest absolute Gasteiger partial charge is 0.661 e. The van der Waals surface area contributed by atoms with E-state index in [2.05, 4.69) is 5.32 Å². The van der Waals surface area contributed by atoms with Gasteiger partial charge in [-0.1, -0.05) is 11.6 Å². The molecule has 13 heavy (non-hydrogen) atoms. The van der Waals surface area contributed by atoms with Gasteiger partial charge in [0, 0.05) is 0 Å². The summed E-state index contributed by atoms with van der Waals surface area (Å²) in [5.74, 6) is 1.51. The maximum Gasteiger partial charge on any atom is 0.160 e. The van der Waals surface area contributed by atoms with E-state index in [1.54, 1.807) is 21.3 Å². The van der Waals surface area contributed by atoms with E-state index >= 15 is 0 Å². The molecule has 0 saturated carbocycles. The first-order chi connectivity index (χ1) is 6.31. The van der Waals surface area contributed by atoms with Crippen molar-refractivity contribution in [1.29, 1.82) is 0 Å². The van der Waals surface area contributed by atoms with E-state index in [9.17, 15) is 0 Å². The molecule has 1 rings (SSSR count). The molecule has 0 fully saturated rings. The number of methoxy groups -OCH3 is 2. The van der Waals surface area contributed by atoms with Gasteiger partial charge in [-0.25, -0.2) is 0 Å². The van der Waals surface area contributed by atoms with E-state index in [1.807, 2.05) is 18.2 Å². The van der Waals surface area contributed by atoms with E-state index in [1.165, 1.54) is 0 Å². The minimum atomic E-state index is 0.709. The van der Waals surface area contributed by atoms with Crippen LogP contribution in [0, 0.1) is 0 Å². The molecule has 0 aliphatic heterocycles. The van der Waals surface area contributed by atoms with Crippen LogP contribution in [0.4, 0.5) is 0 Å². The highest BCUT2D eigenvalue weighted by Gasteiger charge is 2.01. The molecular weight excluding hydrogens is 166 g/mol. The van der Waals surface area contributed by atoms with Crippen LogP contribution in [0.3, 0.4) is 0 Å². The minimum absolute atomic E-state index is 0.709. The van der Waals surface area contributed by atoms with Crippen molar-refractivity contribution in [3.05, 3.63) is 29.1 Å². The Kier molecular flexibility index (Phi) is 3.58. The fourth-order valence-electron chi connectivity index (χ4n) is 1.16. The third kappa shape index (κ3) is 2.36. The Hall–Kier alpha value is -1.22. The van der Waals surface area contributed by atoms with Crippen LogP contribution in [0.15, 0.2) is 18.2 Å². The van der Waals surface area contributed by atoms with E-state index in [0.29, 0.717) is 6.54 Å². The van der Waals surface area contributed by atoms with Crippen LogP contribution in [0.2, 0.25) is 0 Å². The quantitative estimate of drug-likeness (QED) is 0.711. The highest BCUT2D eigenvalue weighted by Crippen LogP contribution is 2.27. The second-order valence-corrected chi connectivity index (χ2v) is 2.66. The molecule has 0 atom stereocenters. The lowest BCUT2D eigenvalue weighted by Crippen LogP contribution is -1.92. The summed E-state index contributed by atoms with van der Waals surface area (Å²) >= 11 is 0. The topological polar surface area (TPSA) is 32.6 Å². The van der Waals surface area contributed by atoms with Crippen molar-refractivity contribution in [2.75, 3.05) is 21.3 Å². The van der Waals surface area contributed by atoms with Crippen LogP contribution in [0.1, 0.15) is 5.56 Å². The summed E-state index contributed by atoms with van der Waals surface area (Å²) in [4.78, 5) is 0. The SMILES string of the molecule is C[N-]Cc1ccc(OC)c(OC)c1. The van der Waals surface area contributed by atoms with Crippen molar-refractivity contribution >= 4 is 0 Å². The van der Waals surface area contributed by atoms with Crippen LogP contribution in [0.5, 0.6) is 11.5 Å². The molecule has 3 heteroatoms. The Morgan fingerprint density at radius 2 is 1.85 bits per heavy atom. The molecule has 0 aliphatic rings. The fraction of sp³-hybridized carbons (Fsp3) is 0.400. The number of benzene rings is 1. The van der Waals surface area contributed by atoms with Crippen molar-refractivity contribution in [2.45, 2.75) is 6.54 Å². The Balaban J connectivity index is 2.91. The number of ether oxygens (including phenoxy) is 2. The summed E-state index contributed by atoms with van der Waals surface area (Å²) in [7, 11) is 5.04. The van der Waals surface area contributed by atoms with E-state index in [4.69, 9.17) is 9.47 Å². The molecule has 72 valence electrons. The number of rotatable bonds is 4.